The van der Waals surface area contributed by atoms with E-state index in [1.54, 1.807) is 21.3 Å². The molecule has 0 N–H and O–H groups in total. The van der Waals surface area contributed by atoms with E-state index in [2.05, 4.69) is 91.0 Å². The van der Waals surface area contributed by atoms with Crippen molar-refractivity contribution >= 4 is 11.5 Å². The first-order valence-corrected chi connectivity index (χ1v) is 13.8. The second kappa shape index (κ2) is 10.4. The maximum atomic E-state index is 6.07. The molecule has 1 atom stereocenters. The maximum Gasteiger partial charge on any atom is 0.145 e. The number of anilines is 2. The van der Waals surface area contributed by atoms with Crippen molar-refractivity contribution in [3.05, 3.63) is 114 Å². The van der Waals surface area contributed by atoms with E-state index >= 15 is 0 Å². The number of benzene rings is 4. The monoisotopic (exact) mass is 545 g/mol. The summed E-state index contributed by atoms with van der Waals surface area (Å²) in [5.74, 6) is 3.41. The standard InChI is InChI=1S/C35H35N3O3/c1-35(2,3)33-31-28-16-11-17-29(41-6)30(28)32(23-18-20-26(39-4)21-19-23)37(25-14-10-15-27(22-25)40-5)34(31)38(36-33)24-12-8-7-9-13-24/h7-22,32H,1-6H3/t32-/m0/s1. The molecule has 0 amide bonds. The van der Waals surface area contributed by atoms with Gasteiger partial charge in [0.25, 0.3) is 0 Å². The highest BCUT2D eigenvalue weighted by molar-refractivity contribution is 5.92. The number of fused-ring (bicyclic) bond motifs is 3. The van der Waals surface area contributed by atoms with Gasteiger partial charge in [-0.05, 0) is 53.6 Å². The Kier molecular flexibility index (Phi) is 6.70. The van der Waals surface area contributed by atoms with Crippen LogP contribution in [0.15, 0.2) is 97.1 Å². The van der Waals surface area contributed by atoms with E-state index in [1.165, 1.54) is 0 Å². The van der Waals surface area contributed by atoms with Crippen LogP contribution in [0, 0.1) is 0 Å². The molecule has 0 saturated carbocycles. The molecule has 6 nitrogen and oxygen atoms in total. The van der Waals surface area contributed by atoms with Crippen molar-refractivity contribution in [3.63, 3.8) is 0 Å². The third-order valence-corrected chi connectivity index (χ3v) is 7.65. The molecule has 0 spiro atoms. The molecule has 0 fully saturated rings. The number of rotatable bonds is 6. The third kappa shape index (κ3) is 4.49. The highest BCUT2D eigenvalue weighted by Crippen LogP contribution is 2.56. The Bertz CT molecular complexity index is 1680. The van der Waals surface area contributed by atoms with Crippen molar-refractivity contribution in [2.24, 2.45) is 0 Å². The van der Waals surface area contributed by atoms with Gasteiger partial charge in [-0.1, -0.05) is 69.3 Å². The Morgan fingerprint density at radius 3 is 2.02 bits per heavy atom. The molecule has 0 saturated heterocycles. The summed E-state index contributed by atoms with van der Waals surface area (Å²) < 4.78 is 19.4. The van der Waals surface area contributed by atoms with Gasteiger partial charge in [-0.25, -0.2) is 4.68 Å². The van der Waals surface area contributed by atoms with Gasteiger partial charge in [0.1, 0.15) is 23.1 Å². The lowest BCUT2D eigenvalue weighted by molar-refractivity contribution is 0.407. The molecule has 6 rings (SSSR count). The zero-order valence-electron chi connectivity index (χ0n) is 24.4. The van der Waals surface area contributed by atoms with E-state index in [-0.39, 0.29) is 11.5 Å². The van der Waals surface area contributed by atoms with Gasteiger partial charge in [-0.3, -0.25) is 0 Å². The van der Waals surface area contributed by atoms with Gasteiger partial charge in [0.15, 0.2) is 0 Å². The smallest absolute Gasteiger partial charge is 0.145 e. The predicted octanol–water partition coefficient (Wildman–Crippen LogP) is 8.10. The first-order chi connectivity index (χ1) is 19.9. The normalized spacial score (nSPS) is 14.3. The van der Waals surface area contributed by atoms with E-state index in [4.69, 9.17) is 19.3 Å². The van der Waals surface area contributed by atoms with Gasteiger partial charge in [0.2, 0.25) is 0 Å². The zero-order valence-corrected chi connectivity index (χ0v) is 24.4. The molecule has 4 aromatic carbocycles. The van der Waals surface area contributed by atoms with Crippen molar-refractivity contribution in [1.82, 2.24) is 9.78 Å². The SMILES string of the molecule is COc1ccc([C@H]2c3c(OC)cccc3-c3c(C(C)(C)C)nn(-c4ccccc4)c3N2c2cccc(OC)c2)cc1. The number of methoxy groups -OCH3 is 3. The number of aromatic nitrogens is 2. The van der Waals surface area contributed by atoms with Gasteiger partial charge in [0.05, 0.1) is 38.8 Å². The Balaban J connectivity index is 1.78. The number of hydrogen-bond acceptors (Lipinski definition) is 5. The van der Waals surface area contributed by atoms with E-state index in [0.717, 1.165) is 62.4 Å². The van der Waals surface area contributed by atoms with Crippen LogP contribution < -0.4 is 19.1 Å². The van der Waals surface area contributed by atoms with Crippen molar-refractivity contribution in [2.75, 3.05) is 26.2 Å². The van der Waals surface area contributed by atoms with Crippen LogP contribution in [0.25, 0.3) is 16.8 Å². The molecular weight excluding hydrogens is 510 g/mol. The van der Waals surface area contributed by atoms with Crippen LogP contribution in [0.2, 0.25) is 0 Å². The fraction of sp³-hybridized carbons (Fsp3) is 0.229. The molecular formula is C35H35N3O3. The Labute approximate surface area is 241 Å². The molecule has 1 aromatic heterocycles. The van der Waals surface area contributed by atoms with Crippen molar-refractivity contribution in [1.29, 1.82) is 0 Å². The second-order valence-corrected chi connectivity index (χ2v) is 11.2. The lowest BCUT2D eigenvalue weighted by Gasteiger charge is -2.40. The Morgan fingerprint density at radius 1 is 0.683 bits per heavy atom. The Morgan fingerprint density at radius 2 is 1.37 bits per heavy atom. The van der Waals surface area contributed by atoms with Gasteiger partial charge >= 0.3 is 0 Å². The number of nitrogens with zero attached hydrogens (tertiary/aromatic N) is 3. The minimum Gasteiger partial charge on any atom is -0.497 e. The van der Waals surface area contributed by atoms with E-state index < -0.39 is 0 Å². The molecule has 6 heteroatoms. The molecule has 1 aliphatic rings. The van der Waals surface area contributed by atoms with E-state index in [0.29, 0.717) is 0 Å². The molecule has 2 heterocycles. The van der Waals surface area contributed by atoms with Crippen molar-refractivity contribution in [2.45, 2.75) is 32.2 Å². The second-order valence-electron chi connectivity index (χ2n) is 11.2. The first kappa shape index (κ1) is 26.5. The number of hydrogen-bond donors (Lipinski definition) is 0. The molecule has 0 unspecified atom stereocenters. The van der Waals surface area contributed by atoms with Gasteiger partial charge in [0, 0.05) is 28.3 Å². The summed E-state index contributed by atoms with van der Waals surface area (Å²) in [5.41, 5.74) is 7.18. The van der Waals surface area contributed by atoms with Crippen LogP contribution in [0.3, 0.4) is 0 Å². The molecule has 0 radical (unpaired) electrons. The minimum absolute atomic E-state index is 0.223. The average Bonchev–Trinajstić information content (AvgIpc) is 3.42. The Hall–Kier alpha value is -4.71. The molecule has 5 aromatic rings. The lowest BCUT2D eigenvalue weighted by Crippen LogP contribution is -2.31. The summed E-state index contributed by atoms with van der Waals surface area (Å²) in [6, 6.07) is 32.9. The van der Waals surface area contributed by atoms with E-state index in [1.807, 2.05) is 36.4 Å². The van der Waals surface area contributed by atoms with Crippen molar-refractivity contribution < 1.29 is 14.2 Å². The van der Waals surface area contributed by atoms with Gasteiger partial charge in [-0.15, -0.1) is 0 Å². The van der Waals surface area contributed by atoms with Crippen LogP contribution in [-0.2, 0) is 5.41 Å². The van der Waals surface area contributed by atoms with Crippen LogP contribution >= 0.6 is 0 Å². The zero-order chi connectivity index (χ0) is 28.7. The van der Waals surface area contributed by atoms with Crippen molar-refractivity contribution in [3.8, 4) is 34.1 Å². The summed E-state index contributed by atoms with van der Waals surface area (Å²) in [6.45, 7) is 6.66. The topological polar surface area (TPSA) is 48.8 Å². The largest absolute Gasteiger partial charge is 0.497 e. The fourth-order valence-electron chi connectivity index (χ4n) is 5.76. The summed E-state index contributed by atoms with van der Waals surface area (Å²) in [7, 11) is 5.13. The maximum absolute atomic E-state index is 6.07. The van der Waals surface area contributed by atoms with Crippen LogP contribution in [0.1, 0.15) is 43.6 Å². The highest BCUT2D eigenvalue weighted by Gasteiger charge is 2.42. The molecule has 0 aliphatic carbocycles. The summed E-state index contributed by atoms with van der Waals surface area (Å²) >= 11 is 0. The van der Waals surface area contributed by atoms with Crippen LogP contribution in [0.5, 0.6) is 17.2 Å². The lowest BCUT2D eigenvalue weighted by atomic mass is 9.80. The first-order valence-electron chi connectivity index (χ1n) is 13.8. The predicted molar refractivity (Wildman–Crippen MR) is 164 cm³/mol. The third-order valence-electron chi connectivity index (χ3n) is 7.65. The summed E-state index contributed by atoms with van der Waals surface area (Å²) in [6.07, 6.45) is 0. The molecule has 1 aliphatic heterocycles. The molecule has 0 bridgehead atoms. The quantitative estimate of drug-likeness (QED) is 0.216. The fourth-order valence-corrected chi connectivity index (χ4v) is 5.76. The number of ether oxygens (including phenoxy) is 3. The summed E-state index contributed by atoms with van der Waals surface area (Å²) in [5, 5.41) is 5.34. The summed E-state index contributed by atoms with van der Waals surface area (Å²) in [4.78, 5) is 2.37. The van der Waals surface area contributed by atoms with Crippen LogP contribution in [0.4, 0.5) is 11.5 Å². The molecule has 41 heavy (non-hydrogen) atoms. The van der Waals surface area contributed by atoms with Crippen LogP contribution in [-0.4, -0.2) is 31.1 Å². The highest BCUT2D eigenvalue weighted by atomic mass is 16.5. The van der Waals surface area contributed by atoms with Gasteiger partial charge in [-0.2, -0.15) is 5.10 Å². The minimum atomic E-state index is -0.225. The van der Waals surface area contributed by atoms with E-state index in [9.17, 15) is 0 Å². The molecule has 208 valence electrons. The van der Waals surface area contributed by atoms with Gasteiger partial charge < -0.3 is 19.1 Å². The average molecular weight is 546 g/mol. The number of para-hydroxylation sites is 1.